The van der Waals surface area contributed by atoms with Crippen LogP contribution in [-0.2, 0) is 9.53 Å². The second kappa shape index (κ2) is 3.61. The molecule has 0 heterocycles. The third-order valence-corrected chi connectivity index (χ3v) is 5.92. The fourth-order valence-electron chi connectivity index (χ4n) is 5.61. The molecule has 7 unspecified atom stereocenters. The van der Waals surface area contributed by atoms with Crippen molar-refractivity contribution in [1.29, 1.82) is 0 Å². The first-order chi connectivity index (χ1) is 8.65. The fraction of sp³-hybridized carbons (Fsp3) is 0.812. The highest BCUT2D eigenvalue weighted by Gasteiger charge is 2.62. The van der Waals surface area contributed by atoms with Gasteiger partial charge in [0.15, 0.2) is 0 Å². The summed E-state index contributed by atoms with van der Waals surface area (Å²) in [5.74, 6) is 5.09. The van der Waals surface area contributed by atoms with Gasteiger partial charge in [-0.1, -0.05) is 12.2 Å². The average Bonchev–Trinajstić information content (AvgIpc) is 3.06. The van der Waals surface area contributed by atoms with Crippen LogP contribution in [-0.4, -0.2) is 12.1 Å². The van der Waals surface area contributed by atoms with Crippen molar-refractivity contribution in [2.24, 2.45) is 41.4 Å². The molecule has 7 atom stereocenters. The molecule has 0 aromatic carbocycles. The molecule has 4 rings (SSSR count). The number of hydrogen-bond acceptors (Lipinski definition) is 2. The van der Waals surface area contributed by atoms with Crippen LogP contribution in [0, 0.1) is 41.4 Å². The minimum atomic E-state index is 0.0346. The minimum Gasteiger partial charge on any atom is -0.463 e. The van der Waals surface area contributed by atoms with Gasteiger partial charge < -0.3 is 4.74 Å². The van der Waals surface area contributed by atoms with Crippen LogP contribution in [0.1, 0.15) is 33.1 Å². The predicted octanol–water partition coefficient (Wildman–Crippen LogP) is 3.03. The maximum atomic E-state index is 12.2. The monoisotopic (exact) mass is 246 g/mol. The van der Waals surface area contributed by atoms with Gasteiger partial charge in [0, 0.05) is 0 Å². The Balaban J connectivity index is 1.55. The number of carbonyl (C=O) groups excluding carboxylic acids is 1. The van der Waals surface area contributed by atoms with Gasteiger partial charge in [0.25, 0.3) is 0 Å². The highest BCUT2D eigenvalue weighted by molar-refractivity contribution is 5.73. The number of hydrogen-bond donors (Lipinski definition) is 0. The number of carbonyl (C=O) groups is 1. The van der Waals surface area contributed by atoms with Gasteiger partial charge in [-0.15, -0.1) is 0 Å². The molecule has 3 saturated carbocycles. The lowest BCUT2D eigenvalue weighted by Gasteiger charge is -2.35. The van der Waals surface area contributed by atoms with Crippen LogP contribution in [0.4, 0.5) is 0 Å². The third-order valence-electron chi connectivity index (χ3n) is 5.92. The highest BCUT2D eigenvalue weighted by Crippen LogP contribution is 2.67. The molecule has 4 aliphatic carbocycles. The number of rotatable bonds is 2. The van der Waals surface area contributed by atoms with E-state index in [0.29, 0.717) is 5.92 Å². The van der Waals surface area contributed by atoms with E-state index >= 15 is 0 Å². The summed E-state index contributed by atoms with van der Waals surface area (Å²) in [4.78, 5) is 12.2. The molecular weight excluding hydrogens is 224 g/mol. The summed E-state index contributed by atoms with van der Waals surface area (Å²) in [5.41, 5.74) is 0. The Labute approximate surface area is 109 Å². The van der Waals surface area contributed by atoms with Gasteiger partial charge in [-0.2, -0.15) is 0 Å². The maximum Gasteiger partial charge on any atom is 0.309 e. The van der Waals surface area contributed by atoms with E-state index in [1.54, 1.807) is 0 Å². The van der Waals surface area contributed by atoms with Crippen molar-refractivity contribution in [1.82, 2.24) is 0 Å². The average molecular weight is 246 g/mol. The summed E-state index contributed by atoms with van der Waals surface area (Å²) < 4.78 is 5.46. The lowest BCUT2D eigenvalue weighted by atomic mass is 9.69. The Morgan fingerprint density at radius 2 is 1.83 bits per heavy atom. The van der Waals surface area contributed by atoms with E-state index in [4.69, 9.17) is 4.74 Å². The van der Waals surface area contributed by atoms with Gasteiger partial charge in [-0.3, -0.25) is 4.79 Å². The predicted molar refractivity (Wildman–Crippen MR) is 68.6 cm³/mol. The number of ether oxygens (including phenoxy) is 1. The standard InChI is InChI=1S/C16H22O2/c1-8(2)18-16(17)13-7-11-6-12(13)15-10-4-3-9(5-10)14(11)15/h3-4,8-15H,5-7H2,1-2H3. The fourth-order valence-corrected chi connectivity index (χ4v) is 5.61. The zero-order valence-corrected chi connectivity index (χ0v) is 11.2. The van der Waals surface area contributed by atoms with Crippen LogP contribution < -0.4 is 0 Å². The van der Waals surface area contributed by atoms with Crippen LogP contribution in [0.2, 0.25) is 0 Å². The summed E-state index contributed by atoms with van der Waals surface area (Å²) in [7, 11) is 0. The van der Waals surface area contributed by atoms with Crippen LogP contribution in [0.5, 0.6) is 0 Å². The quantitative estimate of drug-likeness (QED) is 0.425. The molecule has 0 aromatic heterocycles. The van der Waals surface area contributed by atoms with Crippen molar-refractivity contribution in [2.75, 3.05) is 0 Å². The summed E-state index contributed by atoms with van der Waals surface area (Å²) in [6.07, 6.45) is 8.68. The van der Waals surface area contributed by atoms with Crippen molar-refractivity contribution >= 4 is 5.97 Å². The van der Waals surface area contributed by atoms with Gasteiger partial charge in [0.05, 0.1) is 12.0 Å². The Morgan fingerprint density at radius 3 is 2.56 bits per heavy atom. The normalized spacial score (nSPS) is 51.2. The molecule has 18 heavy (non-hydrogen) atoms. The molecule has 2 nitrogen and oxygen atoms in total. The molecule has 4 bridgehead atoms. The summed E-state index contributed by atoms with van der Waals surface area (Å²) >= 11 is 0. The summed E-state index contributed by atoms with van der Waals surface area (Å²) in [6, 6.07) is 0. The van der Waals surface area contributed by atoms with Crippen LogP contribution in [0.15, 0.2) is 12.2 Å². The largest absolute Gasteiger partial charge is 0.463 e. The molecule has 0 saturated heterocycles. The number of esters is 1. The lowest BCUT2D eigenvalue weighted by Crippen LogP contribution is -2.35. The maximum absolute atomic E-state index is 12.2. The molecular formula is C16H22O2. The summed E-state index contributed by atoms with van der Waals surface area (Å²) in [6.45, 7) is 3.91. The first-order valence-corrected chi connectivity index (χ1v) is 7.54. The molecule has 0 N–H and O–H groups in total. The van der Waals surface area contributed by atoms with E-state index in [1.165, 1.54) is 12.8 Å². The van der Waals surface area contributed by atoms with E-state index in [9.17, 15) is 4.79 Å². The van der Waals surface area contributed by atoms with E-state index in [1.807, 2.05) is 13.8 Å². The van der Waals surface area contributed by atoms with Gasteiger partial charge in [0.1, 0.15) is 0 Å². The molecule has 0 amide bonds. The molecule has 2 heteroatoms. The molecule has 4 aliphatic rings. The molecule has 0 aromatic rings. The summed E-state index contributed by atoms with van der Waals surface area (Å²) in [5, 5.41) is 0. The molecule has 0 spiro atoms. The van der Waals surface area contributed by atoms with Crippen LogP contribution >= 0.6 is 0 Å². The Hall–Kier alpha value is -0.790. The van der Waals surface area contributed by atoms with Crippen molar-refractivity contribution in [3.8, 4) is 0 Å². The lowest BCUT2D eigenvalue weighted by molar-refractivity contribution is -0.155. The minimum absolute atomic E-state index is 0.0346. The molecule has 0 aliphatic heterocycles. The van der Waals surface area contributed by atoms with E-state index in [2.05, 4.69) is 12.2 Å². The molecule has 3 fully saturated rings. The van der Waals surface area contributed by atoms with Gasteiger partial charge in [0.2, 0.25) is 0 Å². The number of allylic oxidation sites excluding steroid dienone is 2. The van der Waals surface area contributed by atoms with Crippen molar-refractivity contribution < 1.29 is 9.53 Å². The third kappa shape index (κ3) is 1.32. The number of fused-ring (bicyclic) bond motifs is 9. The van der Waals surface area contributed by atoms with Crippen molar-refractivity contribution in [3.05, 3.63) is 12.2 Å². The second-order valence-electron chi connectivity index (χ2n) is 7.09. The van der Waals surface area contributed by atoms with E-state index in [-0.39, 0.29) is 18.0 Å². The van der Waals surface area contributed by atoms with Crippen molar-refractivity contribution in [2.45, 2.75) is 39.2 Å². The van der Waals surface area contributed by atoms with Gasteiger partial charge >= 0.3 is 5.97 Å². The zero-order chi connectivity index (χ0) is 12.4. The van der Waals surface area contributed by atoms with Crippen LogP contribution in [0.3, 0.4) is 0 Å². The topological polar surface area (TPSA) is 26.3 Å². The van der Waals surface area contributed by atoms with Gasteiger partial charge in [-0.25, -0.2) is 0 Å². The SMILES string of the molecule is CC(C)OC(=O)C1CC2CC1C1C3C=CC(C3)C21. The molecule has 98 valence electrons. The van der Waals surface area contributed by atoms with E-state index in [0.717, 1.165) is 36.0 Å². The first-order valence-electron chi connectivity index (χ1n) is 7.54. The smallest absolute Gasteiger partial charge is 0.309 e. The van der Waals surface area contributed by atoms with Crippen molar-refractivity contribution in [3.63, 3.8) is 0 Å². The Kier molecular flexibility index (Phi) is 2.22. The van der Waals surface area contributed by atoms with Crippen LogP contribution in [0.25, 0.3) is 0 Å². The Bertz CT molecular complexity index is 411. The highest BCUT2D eigenvalue weighted by atomic mass is 16.5. The first kappa shape index (κ1) is 11.1. The molecule has 0 radical (unpaired) electrons. The van der Waals surface area contributed by atoms with E-state index < -0.39 is 0 Å². The Morgan fingerprint density at radius 1 is 1.11 bits per heavy atom. The van der Waals surface area contributed by atoms with Gasteiger partial charge in [-0.05, 0) is 68.6 Å². The zero-order valence-electron chi connectivity index (χ0n) is 11.2. The second-order valence-corrected chi connectivity index (χ2v) is 7.09.